The molecule has 2 aromatic rings. The molecule has 2 aromatic carbocycles. The molecule has 0 aliphatic carbocycles. The Kier molecular flexibility index (Phi) is 7.45. The fourth-order valence-corrected chi connectivity index (χ4v) is 3.32. The van der Waals surface area contributed by atoms with Crippen LogP contribution in [0.5, 0.6) is 5.75 Å². The van der Waals surface area contributed by atoms with E-state index in [0.717, 1.165) is 29.7 Å². The van der Waals surface area contributed by atoms with Crippen molar-refractivity contribution in [2.75, 3.05) is 19.7 Å². The van der Waals surface area contributed by atoms with Crippen molar-refractivity contribution in [3.63, 3.8) is 0 Å². The molecule has 1 aliphatic rings. The number of esters is 1. The molecule has 1 saturated heterocycles. The van der Waals surface area contributed by atoms with Crippen molar-refractivity contribution < 1.29 is 19.1 Å². The Morgan fingerprint density at radius 3 is 2.59 bits per heavy atom. The number of carbonyl (C=O) groups excluding carboxylic acids is 2. The van der Waals surface area contributed by atoms with Gasteiger partial charge in [-0.15, -0.1) is 0 Å². The van der Waals surface area contributed by atoms with E-state index in [1.165, 1.54) is 0 Å². The summed E-state index contributed by atoms with van der Waals surface area (Å²) < 4.78 is 10.9. The molecule has 1 amide bonds. The fourth-order valence-electron chi connectivity index (χ4n) is 3.32. The van der Waals surface area contributed by atoms with Crippen LogP contribution in [-0.4, -0.2) is 36.5 Å². The summed E-state index contributed by atoms with van der Waals surface area (Å²) in [4.78, 5) is 26.1. The number of rotatable bonds is 7. The SMILES string of the molecule is CCOC(=O)C1CCCN(C(=O)/C=C/c2ccc(OCc3ccccc3)cc2)C1. The molecule has 1 unspecified atom stereocenters. The first-order valence-electron chi connectivity index (χ1n) is 10.1. The van der Waals surface area contributed by atoms with Gasteiger partial charge in [-0.1, -0.05) is 42.5 Å². The van der Waals surface area contributed by atoms with E-state index in [1.807, 2.05) is 54.6 Å². The Hall–Kier alpha value is -3.08. The number of hydrogen-bond acceptors (Lipinski definition) is 4. The second-order valence-corrected chi connectivity index (χ2v) is 7.05. The summed E-state index contributed by atoms with van der Waals surface area (Å²) in [6, 6.07) is 17.6. The minimum absolute atomic E-state index is 0.0802. The molecule has 0 aromatic heterocycles. The van der Waals surface area contributed by atoms with E-state index in [0.29, 0.717) is 26.3 Å². The number of nitrogens with zero attached hydrogens (tertiary/aromatic N) is 1. The summed E-state index contributed by atoms with van der Waals surface area (Å²) in [6.45, 7) is 3.78. The molecule has 0 bridgehead atoms. The van der Waals surface area contributed by atoms with Gasteiger partial charge >= 0.3 is 5.97 Å². The van der Waals surface area contributed by atoms with Gasteiger partial charge in [0.05, 0.1) is 12.5 Å². The van der Waals surface area contributed by atoms with Gasteiger partial charge < -0.3 is 14.4 Å². The summed E-state index contributed by atoms with van der Waals surface area (Å²) in [7, 11) is 0. The van der Waals surface area contributed by atoms with Crippen LogP contribution in [0.3, 0.4) is 0 Å². The Balaban J connectivity index is 1.51. The largest absolute Gasteiger partial charge is 0.489 e. The van der Waals surface area contributed by atoms with Gasteiger partial charge in [0, 0.05) is 19.2 Å². The molecule has 1 atom stereocenters. The summed E-state index contributed by atoms with van der Waals surface area (Å²) in [6.07, 6.45) is 4.94. The van der Waals surface area contributed by atoms with Gasteiger partial charge in [-0.05, 0) is 49.1 Å². The van der Waals surface area contributed by atoms with Crippen LogP contribution in [0.4, 0.5) is 0 Å². The molecule has 1 fully saturated rings. The fraction of sp³-hybridized carbons (Fsp3) is 0.333. The maximum atomic E-state index is 12.5. The van der Waals surface area contributed by atoms with Crippen molar-refractivity contribution in [1.29, 1.82) is 0 Å². The van der Waals surface area contributed by atoms with Crippen LogP contribution in [0.15, 0.2) is 60.7 Å². The lowest BCUT2D eigenvalue weighted by molar-refractivity contribution is -0.150. The van der Waals surface area contributed by atoms with Crippen LogP contribution in [-0.2, 0) is 20.9 Å². The van der Waals surface area contributed by atoms with Gasteiger partial charge in [-0.2, -0.15) is 0 Å². The zero-order valence-electron chi connectivity index (χ0n) is 16.8. The molecule has 0 radical (unpaired) electrons. The minimum atomic E-state index is -0.220. The van der Waals surface area contributed by atoms with Crippen molar-refractivity contribution >= 4 is 18.0 Å². The van der Waals surface area contributed by atoms with Crippen molar-refractivity contribution in [3.05, 3.63) is 71.8 Å². The van der Waals surface area contributed by atoms with Crippen molar-refractivity contribution in [1.82, 2.24) is 4.90 Å². The van der Waals surface area contributed by atoms with Crippen LogP contribution in [0.25, 0.3) is 6.08 Å². The van der Waals surface area contributed by atoms with Gasteiger partial charge in [-0.3, -0.25) is 9.59 Å². The van der Waals surface area contributed by atoms with E-state index < -0.39 is 0 Å². The second-order valence-electron chi connectivity index (χ2n) is 7.05. The predicted octanol–water partition coefficient (Wildman–Crippen LogP) is 4.08. The molecule has 1 heterocycles. The number of likely N-dealkylation sites (tertiary alicyclic amines) is 1. The Morgan fingerprint density at radius 1 is 1.10 bits per heavy atom. The number of hydrogen-bond donors (Lipinski definition) is 0. The van der Waals surface area contributed by atoms with E-state index in [-0.39, 0.29) is 17.8 Å². The standard InChI is InChI=1S/C24H27NO4/c1-2-28-24(27)21-9-6-16-25(17-21)23(26)15-12-19-10-13-22(14-11-19)29-18-20-7-4-3-5-8-20/h3-5,7-8,10-15,21H,2,6,9,16-18H2,1H3/b15-12+. The van der Waals surface area contributed by atoms with Crippen LogP contribution in [0, 0.1) is 5.92 Å². The highest BCUT2D eigenvalue weighted by Gasteiger charge is 2.28. The van der Waals surface area contributed by atoms with Gasteiger partial charge in [0.2, 0.25) is 5.91 Å². The number of piperidine rings is 1. The van der Waals surface area contributed by atoms with Crippen molar-refractivity contribution in [2.45, 2.75) is 26.4 Å². The molecule has 5 nitrogen and oxygen atoms in total. The number of benzene rings is 2. The number of ether oxygens (including phenoxy) is 2. The highest BCUT2D eigenvalue weighted by Crippen LogP contribution is 2.19. The molecular weight excluding hydrogens is 366 g/mol. The lowest BCUT2D eigenvalue weighted by Crippen LogP contribution is -2.42. The average Bonchev–Trinajstić information content (AvgIpc) is 2.77. The first-order chi connectivity index (χ1) is 14.2. The van der Waals surface area contributed by atoms with E-state index in [1.54, 1.807) is 24.0 Å². The molecular formula is C24H27NO4. The zero-order valence-corrected chi connectivity index (χ0v) is 16.8. The maximum Gasteiger partial charge on any atom is 0.310 e. The molecule has 0 spiro atoms. The first-order valence-corrected chi connectivity index (χ1v) is 10.1. The first kappa shape index (κ1) is 20.6. The molecule has 0 N–H and O–H groups in total. The number of amides is 1. The van der Waals surface area contributed by atoms with Crippen molar-refractivity contribution in [3.8, 4) is 5.75 Å². The van der Waals surface area contributed by atoms with Crippen LogP contribution in [0.2, 0.25) is 0 Å². The lowest BCUT2D eigenvalue weighted by Gasteiger charge is -2.30. The summed E-state index contributed by atoms with van der Waals surface area (Å²) >= 11 is 0. The topological polar surface area (TPSA) is 55.8 Å². The molecule has 29 heavy (non-hydrogen) atoms. The van der Waals surface area contributed by atoms with Crippen molar-refractivity contribution in [2.24, 2.45) is 5.92 Å². The summed E-state index contributed by atoms with van der Waals surface area (Å²) in [5.74, 6) is 0.274. The van der Waals surface area contributed by atoms with Crippen LogP contribution < -0.4 is 4.74 Å². The monoisotopic (exact) mass is 393 g/mol. The van der Waals surface area contributed by atoms with Crippen LogP contribution >= 0.6 is 0 Å². The van der Waals surface area contributed by atoms with Gasteiger partial charge in [0.1, 0.15) is 12.4 Å². The predicted molar refractivity (Wildman–Crippen MR) is 112 cm³/mol. The quantitative estimate of drug-likeness (QED) is 0.525. The Labute approximate surface area is 171 Å². The second kappa shape index (κ2) is 10.5. The van der Waals surface area contributed by atoms with Gasteiger partial charge in [-0.25, -0.2) is 0 Å². The van der Waals surface area contributed by atoms with E-state index in [2.05, 4.69) is 0 Å². The van der Waals surface area contributed by atoms with E-state index in [9.17, 15) is 9.59 Å². The molecule has 3 rings (SSSR count). The van der Waals surface area contributed by atoms with E-state index in [4.69, 9.17) is 9.47 Å². The molecule has 0 saturated carbocycles. The summed E-state index contributed by atoms with van der Waals surface area (Å²) in [5, 5.41) is 0. The maximum absolute atomic E-state index is 12.5. The average molecular weight is 393 g/mol. The third-order valence-corrected chi connectivity index (χ3v) is 4.90. The lowest BCUT2D eigenvalue weighted by atomic mass is 9.98. The minimum Gasteiger partial charge on any atom is -0.489 e. The normalized spacial score (nSPS) is 16.6. The Bertz CT molecular complexity index is 830. The summed E-state index contributed by atoms with van der Waals surface area (Å²) in [5.41, 5.74) is 2.04. The van der Waals surface area contributed by atoms with Crippen LogP contribution in [0.1, 0.15) is 30.9 Å². The molecule has 1 aliphatic heterocycles. The third kappa shape index (κ3) is 6.21. The zero-order chi connectivity index (χ0) is 20.5. The van der Waals surface area contributed by atoms with Gasteiger partial charge in [0.25, 0.3) is 0 Å². The van der Waals surface area contributed by atoms with Gasteiger partial charge in [0.15, 0.2) is 0 Å². The number of carbonyl (C=O) groups is 2. The van der Waals surface area contributed by atoms with E-state index >= 15 is 0 Å². The molecule has 152 valence electrons. The third-order valence-electron chi connectivity index (χ3n) is 4.90. The highest BCUT2D eigenvalue weighted by atomic mass is 16.5. The highest BCUT2D eigenvalue weighted by molar-refractivity contribution is 5.92. The Morgan fingerprint density at radius 2 is 1.86 bits per heavy atom. The molecule has 5 heteroatoms. The smallest absolute Gasteiger partial charge is 0.310 e.